The van der Waals surface area contributed by atoms with Gasteiger partial charge in [-0.25, -0.2) is 17.2 Å². The Bertz CT molecular complexity index is 698. The Morgan fingerprint density at radius 2 is 2.00 bits per heavy atom. The minimum Gasteiger partial charge on any atom is -0.280 e. The molecule has 0 radical (unpaired) electrons. The van der Waals surface area contributed by atoms with Crippen molar-refractivity contribution in [2.24, 2.45) is 0 Å². The number of aromatic amines is 1. The molecule has 0 bridgehead atoms. The van der Waals surface area contributed by atoms with Gasteiger partial charge in [-0.05, 0) is 24.6 Å². The van der Waals surface area contributed by atoms with Gasteiger partial charge in [-0.15, -0.1) is 0 Å². The topological polar surface area (TPSA) is 74.8 Å². The molecule has 8 heteroatoms. The summed E-state index contributed by atoms with van der Waals surface area (Å²) in [7, 11) is -3.99. The van der Waals surface area contributed by atoms with Crippen molar-refractivity contribution >= 4 is 15.8 Å². The summed E-state index contributed by atoms with van der Waals surface area (Å²) >= 11 is 0. The van der Waals surface area contributed by atoms with Crippen LogP contribution in [0.2, 0.25) is 0 Å². The smallest absolute Gasteiger partial charge is 0.263 e. The number of sulfonamides is 1. The third kappa shape index (κ3) is 2.90. The molecule has 2 aromatic rings. The Morgan fingerprint density at radius 1 is 1.26 bits per heavy atom. The zero-order valence-electron chi connectivity index (χ0n) is 9.94. The summed E-state index contributed by atoms with van der Waals surface area (Å²) in [4.78, 5) is -0.368. The van der Waals surface area contributed by atoms with Crippen molar-refractivity contribution in [3.63, 3.8) is 0 Å². The molecule has 0 aliphatic carbocycles. The first-order valence-corrected chi connectivity index (χ1v) is 6.93. The molecule has 2 rings (SSSR count). The van der Waals surface area contributed by atoms with Gasteiger partial charge in [-0.2, -0.15) is 5.10 Å². The highest BCUT2D eigenvalue weighted by atomic mass is 32.2. The number of rotatable bonds is 4. The highest BCUT2D eigenvalue weighted by molar-refractivity contribution is 7.92. The molecule has 0 fully saturated rings. The molecular weight excluding hydrogens is 276 g/mol. The standard InChI is InChI=1S/C11H11F2N3O2S/c1-2-7-5-11(15-14-7)16-19(17,18)8-3-4-9(12)10(13)6-8/h3-6H,2H2,1H3,(H2,14,15,16). The summed E-state index contributed by atoms with van der Waals surface area (Å²) in [5, 5.41) is 6.39. The number of hydrogen-bond donors (Lipinski definition) is 2. The summed E-state index contributed by atoms with van der Waals surface area (Å²) in [6.45, 7) is 1.88. The van der Waals surface area contributed by atoms with E-state index in [2.05, 4.69) is 14.9 Å². The van der Waals surface area contributed by atoms with Crippen LogP contribution in [0, 0.1) is 11.6 Å². The maximum atomic E-state index is 13.0. The largest absolute Gasteiger partial charge is 0.280 e. The molecular formula is C11H11F2N3O2S. The molecule has 1 heterocycles. The summed E-state index contributed by atoms with van der Waals surface area (Å²) in [6.07, 6.45) is 0.667. The fourth-order valence-electron chi connectivity index (χ4n) is 1.44. The maximum absolute atomic E-state index is 13.0. The van der Waals surface area contributed by atoms with Crippen LogP contribution in [-0.4, -0.2) is 18.6 Å². The molecule has 0 amide bonds. The van der Waals surface area contributed by atoms with E-state index >= 15 is 0 Å². The molecule has 2 N–H and O–H groups in total. The summed E-state index contributed by atoms with van der Waals surface area (Å²) < 4.78 is 51.8. The summed E-state index contributed by atoms with van der Waals surface area (Å²) in [5.41, 5.74) is 0.753. The lowest BCUT2D eigenvalue weighted by Gasteiger charge is -2.05. The molecule has 0 spiro atoms. The van der Waals surface area contributed by atoms with Gasteiger partial charge in [-0.1, -0.05) is 6.92 Å². The van der Waals surface area contributed by atoms with Crippen LogP contribution in [0.3, 0.4) is 0 Å². The minimum atomic E-state index is -3.99. The number of aryl methyl sites for hydroxylation is 1. The van der Waals surface area contributed by atoms with E-state index < -0.39 is 21.7 Å². The lowest BCUT2D eigenvalue weighted by atomic mass is 10.3. The van der Waals surface area contributed by atoms with Gasteiger partial charge in [0.15, 0.2) is 17.5 Å². The van der Waals surface area contributed by atoms with Gasteiger partial charge in [0.25, 0.3) is 10.0 Å². The molecule has 0 aliphatic rings. The zero-order valence-corrected chi connectivity index (χ0v) is 10.8. The fraction of sp³-hybridized carbons (Fsp3) is 0.182. The quantitative estimate of drug-likeness (QED) is 0.903. The van der Waals surface area contributed by atoms with Crippen molar-refractivity contribution in [3.05, 3.63) is 41.6 Å². The highest BCUT2D eigenvalue weighted by Crippen LogP contribution is 2.17. The number of halogens is 2. The molecule has 0 saturated heterocycles. The number of anilines is 1. The van der Waals surface area contributed by atoms with Crippen molar-refractivity contribution in [1.29, 1.82) is 0 Å². The van der Waals surface area contributed by atoms with Crippen LogP contribution < -0.4 is 4.72 Å². The monoisotopic (exact) mass is 287 g/mol. The number of hydrogen-bond acceptors (Lipinski definition) is 3. The van der Waals surface area contributed by atoms with Gasteiger partial charge in [-0.3, -0.25) is 9.82 Å². The van der Waals surface area contributed by atoms with E-state index in [-0.39, 0.29) is 10.7 Å². The fourth-order valence-corrected chi connectivity index (χ4v) is 2.44. The summed E-state index contributed by atoms with van der Waals surface area (Å²) in [6, 6.07) is 3.88. The van der Waals surface area contributed by atoms with Crippen LogP contribution in [0.5, 0.6) is 0 Å². The van der Waals surface area contributed by atoms with Crippen LogP contribution in [0.1, 0.15) is 12.6 Å². The lowest BCUT2D eigenvalue weighted by Crippen LogP contribution is -2.13. The van der Waals surface area contributed by atoms with Gasteiger partial charge in [0.2, 0.25) is 0 Å². The predicted molar refractivity (Wildman–Crippen MR) is 65.1 cm³/mol. The zero-order chi connectivity index (χ0) is 14.0. The van der Waals surface area contributed by atoms with Gasteiger partial charge in [0.1, 0.15) is 0 Å². The first kappa shape index (κ1) is 13.5. The second-order valence-electron chi connectivity index (χ2n) is 3.81. The van der Waals surface area contributed by atoms with Crippen LogP contribution in [0.25, 0.3) is 0 Å². The Morgan fingerprint density at radius 3 is 2.58 bits per heavy atom. The molecule has 1 aromatic heterocycles. The summed E-state index contributed by atoms with van der Waals surface area (Å²) in [5.74, 6) is -2.23. The Hall–Kier alpha value is -1.96. The minimum absolute atomic E-state index is 0.0987. The van der Waals surface area contributed by atoms with E-state index in [0.29, 0.717) is 12.5 Å². The van der Waals surface area contributed by atoms with Crippen LogP contribution in [0.4, 0.5) is 14.6 Å². The van der Waals surface area contributed by atoms with E-state index in [1.54, 1.807) is 0 Å². The van der Waals surface area contributed by atoms with E-state index in [0.717, 1.165) is 17.8 Å². The molecule has 5 nitrogen and oxygen atoms in total. The first-order valence-electron chi connectivity index (χ1n) is 5.44. The van der Waals surface area contributed by atoms with Crippen LogP contribution >= 0.6 is 0 Å². The SMILES string of the molecule is CCc1cc(NS(=O)(=O)c2ccc(F)c(F)c2)n[nH]1. The van der Waals surface area contributed by atoms with Crippen LogP contribution in [0.15, 0.2) is 29.2 Å². The van der Waals surface area contributed by atoms with E-state index in [1.165, 1.54) is 6.07 Å². The normalized spacial score (nSPS) is 11.5. The van der Waals surface area contributed by atoms with E-state index in [9.17, 15) is 17.2 Å². The predicted octanol–water partition coefficient (Wildman–Crippen LogP) is 2.05. The van der Waals surface area contributed by atoms with E-state index in [1.807, 2.05) is 6.92 Å². The number of benzene rings is 1. The molecule has 0 aliphatic heterocycles. The number of nitrogens with zero attached hydrogens (tertiary/aromatic N) is 1. The van der Waals surface area contributed by atoms with Crippen molar-refractivity contribution in [2.75, 3.05) is 4.72 Å². The third-order valence-electron chi connectivity index (χ3n) is 2.45. The Labute approximate surface area is 108 Å². The molecule has 0 unspecified atom stereocenters. The van der Waals surface area contributed by atoms with Crippen molar-refractivity contribution in [2.45, 2.75) is 18.2 Å². The van der Waals surface area contributed by atoms with Gasteiger partial charge in [0, 0.05) is 11.8 Å². The van der Waals surface area contributed by atoms with Gasteiger partial charge in [0.05, 0.1) is 4.90 Å². The Balaban J connectivity index is 2.29. The van der Waals surface area contributed by atoms with Gasteiger partial charge >= 0.3 is 0 Å². The molecule has 0 saturated carbocycles. The second-order valence-corrected chi connectivity index (χ2v) is 5.50. The van der Waals surface area contributed by atoms with Crippen molar-refractivity contribution < 1.29 is 17.2 Å². The lowest BCUT2D eigenvalue weighted by molar-refractivity contribution is 0.504. The maximum Gasteiger partial charge on any atom is 0.263 e. The van der Waals surface area contributed by atoms with Crippen molar-refractivity contribution in [1.82, 2.24) is 10.2 Å². The average Bonchev–Trinajstić information content (AvgIpc) is 2.79. The molecule has 19 heavy (non-hydrogen) atoms. The second kappa shape index (κ2) is 4.96. The first-order chi connectivity index (χ1) is 8.92. The molecule has 102 valence electrons. The van der Waals surface area contributed by atoms with Crippen molar-refractivity contribution in [3.8, 4) is 0 Å². The third-order valence-corrected chi connectivity index (χ3v) is 3.80. The number of nitrogens with one attached hydrogen (secondary N) is 2. The van der Waals surface area contributed by atoms with E-state index in [4.69, 9.17) is 0 Å². The number of aromatic nitrogens is 2. The Kier molecular flexibility index (Phi) is 3.52. The molecule has 0 atom stereocenters. The highest BCUT2D eigenvalue weighted by Gasteiger charge is 2.17. The van der Waals surface area contributed by atoms with Gasteiger partial charge < -0.3 is 0 Å². The average molecular weight is 287 g/mol. The van der Waals surface area contributed by atoms with Crippen LogP contribution in [-0.2, 0) is 16.4 Å². The molecule has 1 aromatic carbocycles. The number of H-pyrrole nitrogens is 1.